The number of anilines is 2. The highest BCUT2D eigenvalue weighted by molar-refractivity contribution is 9.10. The van der Waals surface area contributed by atoms with Crippen molar-refractivity contribution in [1.82, 2.24) is 0 Å². The summed E-state index contributed by atoms with van der Waals surface area (Å²) in [6.45, 7) is 0. The van der Waals surface area contributed by atoms with Gasteiger partial charge in [-0.2, -0.15) is 0 Å². The van der Waals surface area contributed by atoms with Crippen LogP contribution in [0.4, 0.5) is 11.4 Å². The van der Waals surface area contributed by atoms with E-state index in [0.717, 1.165) is 32.9 Å². The van der Waals surface area contributed by atoms with Crippen LogP contribution in [0.15, 0.2) is 71.2 Å². The molecule has 0 saturated heterocycles. The number of benzene rings is 3. The first-order valence-corrected chi connectivity index (χ1v) is 7.53. The first-order chi connectivity index (χ1) is 10.3. The zero-order chi connectivity index (χ0) is 14.2. The van der Waals surface area contributed by atoms with Gasteiger partial charge in [0.15, 0.2) is 11.5 Å². The van der Waals surface area contributed by atoms with Gasteiger partial charge in [-0.1, -0.05) is 46.3 Å². The molecule has 3 aromatic rings. The van der Waals surface area contributed by atoms with Crippen LogP contribution in [-0.4, -0.2) is 0 Å². The number of hydrogen-bond acceptors (Lipinski definition) is 2. The monoisotopic (exact) mass is 337 g/mol. The van der Waals surface area contributed by atoms with Crippen LogP contribution < -0.4 is 10.1 Å². The minimum Gasteiger partial charge on any atom is -0.453 e. The maximum Gasteiger partial charge on any atom is 0.151 e. The lowest BCUT2D eigenvalue weighted by Crippen LogP contribution is -2.02. The summed E-state index contributed by atoms with van der Waals surface area (Å²) in [5, 5.41) is 3.43. The molecule has 102 valence electrons. The Hall–Kier alpha value is -2.26. The average Bonchev–Trinajstić information content (AvgIpc) is 2.53. The Bertz CT molecular complexity index is 812. The van der Waals surface area contributed by atoms with E-state index in [1.165, 1.54) is 5.56 Å². The molecule has 0 spiro atoms. The van der Waals surface area contributed by atoms with Gasteiger partial charge in [-0.25, -0.2) is 0 Å². The van der Waals surface area contributed by atoms with Crippen molar-refractivity contribution in [1.29, 1.82) is 0 Å². The van der Waals surface area contributed by atoms with Gasteiger partial charge >= 0.3 is 0 Å². The zero-order valence-electron chi connectivity index (χ0n) is 11.1. The topological polar surface area (TPSA) is 21.3 Å². The summed E-state index contributed by atoms with van der Waals surface area (Å²) in [6, 6.07) is 22.5. The molecule has 0 aliphatic carbocycles. The minimum atomic E-state index is 0.856. The molecule has 0 unspecified atom stereocenters. The van der Waals surface area contributed by atoms with E-state index in [0.29, 0.717) is 0 Å². The number of nitrogens with one attached hydrogen (secondary N) is 1. The van der Waals surface area contributed by atoms with Crippen molar-refractivity contribution < 1.29 is 4.74 Å². The van der Waals surface area contributed by atoms with Gasteiger partial charge in [0.1, 0.15) is 0 Å². The quantitative estimate of drug-likeness (QED) is 0.462. The zero-order valence-corrected chi connectivity index (χ0v) is 12.7. The number of ether oxygens (including phenoxy) is 1. The minimum absolute atomic E-state index is 0.856. The summed E-state index contributed by atoms with van der Waals surface area (Å²) < 4.78 is 7.00. The molecule has 2 nitrogen and oxygen atoms in total. The van der Waals surface area contributed by atoms with E-state index in [4.69, 9.17) is 4.74 Å². The molecule has 0 fully saturated rings. The Labute approximate surface area is 131 Å². The molecular weight excluding hydrogens is 326 g/mol. The third-order valence-electron chi connectivity index (χ3n) is 3.53. The van der Waals surface area contributed by atoms with Crippen LogP contribution in [0.5, 0.6) is 11.5 Å². The van der Waals surface area contributed by atoms with Gasteiger partial charge in [0.25, 0.3) is 0 Å². The summed E-state index contributed by atoms with van der Waals surface area (Å²) in [6.07, 6.45) is 0. The maximum absolute atomic E-state index is 5.92. The van der Waals surface area contributed by atoms with Gasteiger partial charge in [-0.3, -0.25) is 0 Å². The molecule has 0 atom stereocenters. The highest BCUT2D eigenvalue weighted by atomic mass is 79.9. The molecule has 1 heterocycles. The third kappa shape index (κ3) is 2.30. The smallest absolute Gasteiger partial charge is 0.151 e. The normalized spacial score (nSPS) is 11.9. The van der Waals surface area contributed by atoms with Crippen molar-refractivity contribution in [2.75, 3.05) is 5.32 Å². The molecule has 0 bridgehead atoms. The van der Waals surface area contributed by atoms with E-state index in [1.807, 2.05) is 42.5 Å². The Kier molecular flexibility index (Phi) is 2.93. The Balaban J connectivity index is 1.74. The summed E-state index contributed by atoms with van der Waals surface area (Å²) in [7, 11) is 0. The predicted molar refractivity (Wildman–Crippen MR) is 89.4 cm³/mol. The Morgan fingerprint density at radius 1 is 0.714 bits per heavy atom. The summed E-state index contributed by atoms with van der Waals surface area (Å²) in [5.74, 6) is 1.72. The van der Waals surface area contributed by atoms with Gasteiger partial charge in [0, 0.05) is 4.47 Å². The van der Waals surface area contributed by atoms with Crippen LogP contribution in [0, 0.1) is 0 Å². The second kappa shape index (κ2) is 4.93. The molecule has 3 heteroatoms. The van der Waals surface area contributed by atoms with Gasteiger partial charge in [0.05, 0.1) is 11.4 Å². The van der Waals surface area contributed by atoms with E-state index in [2.05, 4.69) is 45.5 Å². The number of fused-ring (bicyclic) bond motifs is 2. The molecular formula is C18H12BrNO. The highest BCUT2D eigenvalue weighted by Crippen LogP contribution is 2.43. The van der Waals surface area contributed by atoms with Crippen molar-refractivity contribution in [2.45, 2.75) is 0 Å². The van der Waals surface area contributed by atoms with E-state index in [-0.39, 0.29) is 0 Å². The predicted octanol–water partition coefficient (Wildman–Crippen LogP) is 5.97. The molecule has 0 amide bonds. The van der Waals surface area contributed by atoms with Crippen LogP contribution in [0.3, 0.4) is 0 Å². The van der Waals surface area contributed by atoms with Crippen molar-refractivity contribution in [3.8, 4) is 22.6 Å². The summed E-state index contributed by atoms with van der Waals surface area (Å²) >= 11 is 3.46. The highest BCUT2D eigenvalue weighted by Gasteiger charge is 2.16. The number of hydrogen-bond donors (Lipinski definition) is 1. The molecule has 1 aliphatic rings. The average molecular weight is 338 g/mol. The fourth-order valence-corrected chi connectivity index (χ4v) is 2.73. The van der Waals surface area contributed by atoms with Crippen LogP contribution in [0.1, 0.15) is 0 Å². The van der Waals surface area contributed by atoms with Crippen molar-refractivity contribution in [3.05, 3.63) is 71.2 Å². The lowest BCUT2D eigenvalue weighted by molar-refractivity contribution is 0.481. The first-order valence-electron chi connectivity index (χ1n) is 6.73. The number of para-hydroxylation sites is 2. The second-order valence-electron chi connectivity index (χ2n) is 4.94. The largest absolute Gasteiger partial charge is 0.453 e. The standard InChI is InChI=1S/C18H12BrNO/c19-14-8-5-12(6-9-14)13-7-10-18-16(11-13)20-15-3-1-2-4-17(15)21-18/h1-11,20H. The van der Waals surface area contributed by atoms with Crippen LogP contribution >= 0.6 is 15.9 Å². The second-order valence-corrected chi connectivity index (χ2v) is 5.86. The summed E-state index contributed by atoms with van der Waals surface area (Å²) in [4.78, 5) is 0. The van der Waals surface area contributed by atoms with Crippen LogP contribution in [0.25, 0.3) is 11.1 Å². The molecule has 0 saturated carbocycles. The van der Waals surface area contributed by atoms with Gasteiger partial charge in [0.2, 0.25) is 0 Å². The Morgan fingerprint density at radius 2 is 1.43 bits per heavy atom. The lowest BCUT2D eigenvalue weighted by atomic mass is 10.0. The molecule has 1 N–H and O–H groups in total. The van der Waals surface area contributed by atoms with E-state index in [9.17, 15) is 0 Å². The fourth-order valence-electron chi connectivity index (χ4n) is 2.46. The van der Waals surface area contributed by atoms with Gasteiger partial charge in [-0.05, 0) is 47.5 Å². The molecule has 0 aromatic heterocycles. The SMILES string of the molecule is Brc1ccc(-c2ccc3c(c2)Nc2ccccc2O3)cc1. The van der Waals surface area contributed by atoms with E-state index >= 15 is 0 Å². The molecule has 4 rings (SSSR count). The van der Waals surface area contributed by atoms with Crippen LogP contribution in [-0.2, 0) is 0 Å². The fraction of sp³-hybridized carbons (Fsp3) is 0. The lowest BCUT2D eigenvalue weighted by Gasteiger charge is -2.22. The molecule has 0 radical (unpaired) electrons. The van der Waals surface area contributed by atoms with Gasteiger partial charge < -0.3 is 10.1 Å². The Morgan fingerprint density at radius 3 is 2.29 bits per heavy atom. The van der Waals surface area contributed by atoms with E-state index in [1.54, 1.807) is 0 Å². The number of rotatable bonds is 1. The summed E-state index contributed by atoms with van der Waals surface area (Å²) in [5.41, 5.74) is 4.34. The van der Waals surface area contributed by atoms with Crippen molar-refractivity contribution in [3.63, 3.8) is 0 Å². The van der Waals surface area contributed by atoms with Crippen molar-refractivity contribution >= 4 is 27.3 Å². The molecule has 3 aromatic carbocycles. The maximum atomic E-state index is 5.92. The first kappa shape index (κ1) is 12.5. The van der Waals surface area contributed by atoms with Crippen molar-refractivity contribution in [2.24, 2.45) is 0 Å². The third-order valence-corrected chi connectivity index (χ3v) is 4.06. The van der Waals surface area contributed by atoms with Gasteiger partial charge in [-0.15, -0.1) is 0 Å². The molecule has 1 aliphatic heterocycles. The number of halogens is 1. The van der Waals surface area contributed by atoms with E-state index < -0.39 is 0 Å². The van der Waals surface area contributed by atoms with Crippen LogP contribution in [0.2, 0.25) is 0 Å². The molecule has 21 heavy (non-hydrogen) atoms.